The fourth-order valence-corrected chi connectivity index (χ4v) is 4.47. The van der Waals surface area contributed by atoms with E-state index in [1.54, 1.807) is 7.11 Å². The molecule has 1 saturated carbocycles. The van der Waals surface area contributed by atoms with Gasteiger partial charge in [-0.3, -0.25) is 0 Å². The lowest BCUT2D eigenvalue weighted by Gasteiger charge is -2.32. The summed E-state index contributed by atoms with van der Waals surface area (Å²) in [6.45, 7) is -0.197. The Balaban J connectivity index is 1.76. The second-order valence-electron chi connectivity index (χ2n) is 6.81. The van der Waals surface area contributed by atoms with Crippen molar-refractivity contribution < 1.29 is 20.1 Å². The van der Waals surface area contributed by atoms with E-state index in [2.05, 4.69) is 6.07 Å². The highest BCUT2D eigenvalue weighted by Crippen LogP contribution is 2.48. The molecular formula is C18H26O4. The molecule has 0 saturated heterocycles. The number of ether oxygens (including phenoxy) is 1. The van der Waals surface area contributed by atoms with Crippen molar-refractivity contribution in [3.05, 3.63) is 29.3 Å². The molecular weight excluding hydrogens is 280 g/mol. The third kappa shape index (κ3) is 2.87. The zero-order valence-electron chi connectivity index (χ0n) is 13.1. The summed E-state index contributed by atoms with van der Waals surface area (Å²) in [5.74, 6) is 2.16. The maximum atomic E-state index is 10.4. The highest BCUT2D eigenvalue weighted by atomic mass is 16.5. The molecule has 4 heteroatoms. The third-order valence-corrected chi connectivity index (χ3v) is 5.61. The number of hydrogen-bond acceptors (Lipinski definition) is 4. The minimum atomic E-state index is -0.665. The van der Waals surface area contributed by atoms with E-state index in [0.29, 0.717) is 18.3 Å². The lowest BCUT2D eigenvalue weighted by molar-refractivity contribution is 0.0618. The maximum absolute atomic E-state index is 10.4. The van der Waals surface area contributed by atoms with Crippen molar-refractivity contribution in [1.82, 2.24) is 0 Å². The fraction of sp³-hybridized carbons (Fsp3) is 0.667. The molecule has 0 radical (unpaired) electrons. The number of aliphatic hydroxyl groups is 3. The largest absolute Gasteiger partial charge is 0.496 e. The van der Waals surface area contributed by atoms with Crippen molar-refractivity contribution in [1.29, 1.82) is 0 Å². The molecule has 0 unspecified atom stereocenters. The molecule has 1 aromatic rings. The van der Waals surface area contributed by atoms with E-state index in [1.165, 1.54) is 11.1 Å². The Kier molecular flexibility index (Phi) is 4.71. The average molecular weight is 306 g/mol. The van der Waals surface area contributed by atoms with Crippen LogP contribution < -0.4 is 4.74 Å². The van der Waals surface area contributed by atoms with E-state index in [-0.39, 0.29) is 18.6 Å². The summed E-state index contributed by atoms with van der Waals surface area (Å²) in [6.07, 6.45) is 3.18. The molecule has 0 amide bonds. The first-order valence-electron chi connectivity index (χ1n) is 8.25. The topological polar surface area (TPSA) is 69.9 Å². The lowest BCUT2D eigenvalue weighted by Crippen LogP contribution is -2.28. The van der Waals surface area contributed by atoms with Crippen LogP contribution in [0.15, 0.2) is 18.2 Å². The number of hydrogen-bond donors (Lipinski definition) is 3. The summed E-state index contributed by atoms with van der Waals surface area (Å²) in [5, 5.41) is 29.0. The maximum Gasteiger partial charge on any atom is 0.122 e. The zero-order valence-corrected chi connectivity index (χ0v) is 13.1. The standard InChI is InChI=1S/C18H26O4/c1-22-18-4-2-3-11-7-15-12(8-16(11)18)9-17(21)14(15)6-5-13(20)10-19/h2-4,12-15,17,19-21H,5-10H2,1H3/t12-,13+,14+,15+,17-/m0/s1. The molecule has 1 fully saturated rings. The van der Waals surface area contributed by atoms with Crippen molar-refractivity contribution in [2.75, 3.05) is 13.7 Å². The van der Waals surface area contributed by atoms with Gasteiger partial charge in [-0.05, 0) is 67.1 Å². The van der Waals surface area contributed by atoms with Crippen molar-refractivity contribution in [3.63, 3.8) is 0 Å². The average Bonchev–Trinajstić information content (AvgIpc) is 2.84. The molecule has 4 nitrogen and oxygen atoms in total. The molecule has 5 atom stereocenters. The van der Waals surface area contributed by atoms with Crippen molar-refractivity contribution >= 4 is 0 Å². The Morgan fingerprint density at radius 2 is 2.14 bits per heavy atom. The molecule has 22 heavy (non-hydrogen) atoms. The molecule has 3 rings (SSSR count). The zero-order chi connectivity index (χ0) is 15.7. The van der Waals surface area contributed by atoms with E-state index < -0.39 is 6.10 Å². The van der Waals surface area contributed by atoms with Gasteiger partial charge in [-0.25, -0.2) is 0 Å². The Morgan fingerprint density at radius 1 is 1.32 bits per heavy atom. The summed E-state index contributed by atoms with van der Waals surface area (Å²) in [4.78, 5) is 0. The molecule has 2 aliphatic rings. The summed E-state index contributed by atoms with van der Waals surface area (Å²) in [6, 6.07) is 6.21. The van der Waals surface area contributed by atoms with E-state index in [4.69, 9.17) is 9.84 Å². The van der Waals surface area contributed by atoms with Crippen LogP contribution in [0.4, 0.5) is 0 Å². The molecule has 0 heterocycles. The Hall–Kier alpha value is -1.10. The normalized spacial score (nSPS) is 31.5. The van der Waals surface area contributed by atoms with E-state index in [9.17, 15) is 10.2 Å². The predicted octanol–water partition coefficient (Wildman–Crippen LogP) is 1.54. The molecule has 0 spiro atoms. The van der Waals surface area contributed by atoms with Crippen LogP contribution >= 0.6 is 0 Å². The van der Waals surface area contributed by atoms with Crippen LogP contribution in [0, 0.1) is 17.8 Å². The van der Waals surface area contributed by atoms with Gasteiger partial charge in [0.15, 0.2) is 0 Å². The van der Waals surface area contributed by atoms with Gasteiger partial charge in [-0.2, -0.15) is 0 Å². The first-order valence-corrected chi connectivity index (χ1v) is 8.25. The van der Waals surface area contributed by atoms with Gasteiger partial charge in [0, 0.05) is 0 Å². The summed E-state index contributed by atoms with van der Waals surface area (Å²) in [7, 11) is 1.71. The van der Waals surface area contributed by atoms with E-state index >= 15 is 0 Å². The van der Waals surface area contributed by atoms with Crippen molar-refractivity contribution in [3.8, 4) is 5.75 Å². The quantitative estimate of drug-likeness (QED) is 0.772. The van der Waals surface area contributed by atoms with Gasteiger partial charge < -0.3 is 20.1 Å². The molecule has 1 aromatic carbocycles. The lowest BCUT2D eigenvalue weighted by atomic mass is 9.73. The van der Waals surface area contributed by atoms with Crippen molar-refractivity contribution in [2.45, 2.75) is 44.3 Å². The summed E-state index contributed by atoms with van der Waals surface area (Å²) in [5.41, 5.74) is 2.64. The van der Waals surface area contributed by atoms with Gasteiger partial charge >= 0.3 is 0 Å². The van der Waals surface area contributed by atoms with Gasteiger partial charge in [-0.1, -0.05) is 12.1 Å². The third-order valence-electron chi connectivity index (χ3n) is 5.61. The highest BCUT2D eigenvalue weighted by Gasteiger charge is 2.44. The molecule has 0 bridgehead atoms. The minimum Gasteiger partial charge on any atom is -0.496 e. The number of rotatable bonds is 5. The predicted molar refractivity (Wildman–Crippen MR) is 83.8 cm³/mol. The van der Waals surface area contributed by atoms with Gasteiger partial charge in [0.2, 0.25) is 0 Å². The van der Waals surface area contributed by atoms with Gasteiger partial charge in [0.05, 0.1) is 25.9 Å². The Labute approximate surface area is 131 Å². The van der Waals surface area contributed by atoms with Gasteiger partial charge in [0.25, 0.3) is 0 Å². The first kappa shape index (κ1) is 15.8. The molecule has 122 valence electrons. The van der Waals surface area contributed by atoms with Gasteiger partial charge in [-0.15, -0.1) is 0 Å². The van der Waals surface area contributed by atoms with Crippen molar-refractivity contribution in [2.24, 2.45) is 17.8 Å². The highest BCUT2D eigenvalue weighted by molar-refractivity contribution is 5.43. The molecule has 3 N–H and O–H groups in total. The van der Waals surface area contributed by atoms with Crippen LogP contribution in [-0.2, 0) is 12.8 Å². The monoisotopic (exact) mass is 306 g/mol. The smallest absolute Gasteiger partial charge is 0.122 e. The molecule has 2 aliphatic carbocycles. The number of fused-ring (bicyclic) bond motifs is 2. The number of methoxy groups -OCH3 is 1. The van der Waals surface area contributed by atoms with Crippen LogP contribution in [0.25, 0.3) is 0 Å². The minimum absolute atomic E-state index is 0.197. The Bertz CT molecular complexity index is 516. The van der Waals surface area contributed by atoms with Crippen LogP contribution in [0.1, 0.15) is 30.4 Å². The SMILES string of the molecule is COc1cccc2c1C[C@H]1C[C@H](O)[C@H](CC[C@@H](O)CO)[C@@H]1C2. The second kappa shape index (κ2) is 6.57. The molecule has 0 aromatic heterocycles. The van der Waals surface area contributed by atoms with Gasteiger partial charge in [0.1, 0.15) is 5.75 Å². The van der Waals surface area contributed by atoms with Crippen LogP contribution in [-0.4, -0.2) is 41.2 Å². The van der Waals surface area contributed by atoms with E-state index in [1.807, 2.05) is 12.1 Å². The number of aliphatic hydroxyl groups excluding tert-OH is 3. The molecule has 0 aliphatic heterocycles. The summed E-state index contributed by atoms with van der Waals surface area (Å²) < 4.78 is 5.48. The summed E-state index contributed by atoms with van der Waals surface area (Å²) >= 11 is 0. The van der Waals surface area contributed by atoms with Crippen LogP contribution in [0.2, 0.25) is 0 Å². The van der Waals surface area contributed by atoms with Crippen LogP contribution in [0.5, 0.6) is 5.75 Å². The second-order valence-corrected chi connectivity index (χ2v) is 6.81. The first-order chi connectivity index (χ1) is 10.6. The van der Waals surface area contributed by atoms with E-state index in [0.717, 1.165) is 31.4 Å². The fourth-order valence-electron chi connectivity index (χ4n) is 4.47. The van der Waals surface area contributed by atoms with Crippen LogP contribution in [0.3, 0.4) is 0 Å². The Morgan fingerprint density at radius 3 is 2.86 bits per heavy atom. The number of benzene rings is 1.